The fourth-order valence-electron chi connectivity index (χ4n) is 3.01. The average molecular weight is 331 g/mol. The molecule has 0 bridgehead atoms. The van der Waals surface area contributed by atoms with E-state index in [9.17, 15) is 0 Å². The van der Waals surface area contributed by atoms with E-state index in [1.807, 2.05) is 12.1 Å². The molecule has 3 rings (SSSR count). The number of nitrogens with two attached hydrogens (primary N) is 1. The predicted octanol–water partition coefficient (Wildman–Crippen LogP) is 0.996. The van der Waals surface area contributed by atoms with E-state index in [0.717, 1.165) is 18.9 Å². The molecule has 1 aliphatic rings. The quantitative estimate of drug-likeness (QED) is 0.516. The Hall–Kier alpha value is -2.35. The number of aromatic nitrogens is 3. The van der Waals surface area contributed by atoms with Gasteiger partial charge in [0.2, 0.25) is 5.82 Å². The normalized spacial score (nSPS) is 19.0. The second-order valence-corrected chi connectivity index (χ2v) is 5.91. The SMILES string of the molecule is CCN1CCCC1CN=C(N)NCCc1nc(-c2ccco2)n[nH]1. The van der Waals surface area contributed by atoms with Crippen LogP contribution in [0.1, 0.15) is 25.6 Å². The van der Waals surface area contributed by atoms with Crippen LogP contribution in [0.25, 0.3) is 11.6 Å². The van der Waals surface area contributed by atoms with E-state index in [1.165, 1.54) is 19.4 Å². The molecule has 0 spiro atoms. The summed E-state index contributed by atoms with van der Waals surface area (Å²) < 4.78 is 5.27. The number of guanidine groups is 1. The Morgan fingerprint density at radius 3 is 3.29 bits per heavy atom. The number of aliphatic imine (C=N–C) groups is 1. The van der Waals surface area contributed by atoms with Crippen LogP contribution in [0, 0.1) is 0 Å². The highest BCUT2D eigenvalue weighted by Crippen LogP contribution is 2.16. The van der Waals surface area contributed by atoms with Gasteiger partial charge in [-0.1, -0.05) is 6.92 Å². The first kappa shape index (κ1) is 16.5. The molecule has 0 amide bonds. The fourth-order valence-corrected chi connectivity index (χ4v) is 3.01. The molecule has 4 N–H and O–H groups in total. The minimum absolute atomic E-state index is 0.490. The van der Waals surface area contributed by atoms with Crippen molar-refractivity contribution < 1.29 is 4.42 Å². The number of rotatable bonds is 7. The van der Waals surface area contributed by atoms with Crippen molar-refractivity contribution in [2.75, 3.05) is 26.2 Å². The zero-order valence-electron chi connectivity index (χ0n) is 14.0. The Morgan fingerprint density at radius 2 is 2.50 bits per heavy atom. The van der Waals surface area contributed by atoms with Gasteiger partial charge in [-0.3, -0.25) is 15.0 Å². The molecule has 2 aromatic heterocycles. The number of furan rings is 1. The maximum Gasteiger partial charge on any atom is 0.216 e. The van der Waals surface area contributed by atoms with Crippen molar-refractivity contribution in [2.45, 2.75) is 32.2 Å². The summed E-state index contributed by atoms with van der Waals surface area (Å²) in [6, 6.07) is 4.17. The van der Waals surface area contributed by atoms with Crippen LogP contribution in [0.2, 0.25) is 0 Å². The third-order valence-corrected chi connectivity index (χ3v) is 4.32. The highest BCUT2D eigenvalue weighted by Gasteiger charge is 2.22. The number of nitrogens with one attached hydrogen (secondary N) is 2. The summed E-state index contributed by atoms with van der Waals surface area (Å²) in [6.45, 7) is 5.87. The number of hydrogen-bond acceptors (Lipinski definition) is 5. The molecule has 1 saturated heterocycles. The van der Waals surface area contributed by atoms with Crippen LogP contribution >= 0.6 is 0 Å². The Balaban J connectivity index is 1.42. The lowest BCUT2D eigenvalue weighted by Crippen LogP contribution is -2.36. The molecule has 1 atom stereocenters. The standard InChI is InChI=1S/C16H25N7O/c1-2-23-9-3-5-12(23)11-19-16(17)18-8-7-14-20-15(22-21-14)13-6-4-10-24-13/h4,6,10,12H,2-3,5,7-9,11H2,1H3,(H3,17,18,19)(H,20,21,22). The molecular weight excluding hydrogens is 306 g/mol. The van der Waals surface area contributed by atoms with Gasteiger partial charge in [0.05, 0.1) is 12.8 Å². The first-order valence-corrected chi connectivity index (χ1v) is 8.49. The molecule has 1 aliphatic heterocycles. The Labute approximate surface area is 141 Å². The van der Waals surface area contributed by atoms with Crippen molar-refractivity contribution in [1.29, 1.82) is 0 Å². The first-order chi connectivity index (χ1) is 11.8. The number of hydrogen-bond donors (Lipinski definition) is 3. The van der Waals surface area contributed by atoms with Crippen molar-refractivity contribution >= 4 is 5.96 Å². The van der Waals surface area contributed by atoms with Gasteiger partial charge < -0.3 is 15.5 Å². The van der Waals surface area contributed by atoms with Crippen LogP contribution in [-0.4, -0.2) is 58.3 Å². The molecule has 24 heavy (non-hydrogen) atoms. The number of H-pyrrole nitrogens is 1. The van der Waals surface area contributed by atoms with Gasteiger partial charge in [0.25, 0.3) is 0 Å². The highest BCUT2D eigenvalue weighted by molar-refractivity contribution is 5.77. The van der Waals surface area contributed by atoms with E-state index in [0.29, 0.717) is 36.6 Å². The van der Waals surface area contributed by atoms with Crippen molar-refractivity contribution in [2.24, 2.45) is 10.7 Å². The minimum atomic E-state index is 0.490. The highest BCUT2D eigenvalue weighted by atomic mass is 16.3. The van der Waals surface area contributed by atoms with Crippen LogP contribution in [0.3, 0.4) is 0 Å². The van der Waals surface area contributed by atoms with Crippen molar-refractivity contribution in [3.63, 3.8) is 0 Å². The smallest absolute Gasteiger partial charge is 0.216 e. The zero-order valence-corrected chi connectivity index (χ0v) is 14.0. The molecule has 0 aliphatic carbocycles. The third kappa shape index (κ3) is 4.14. The van der Waals surface area contributed by atoms with Gasteiger partial charge in [0.15, 0.2) is 11.7 Å². The molecule has 2 aromatic rings. The summed E-state index contributed by atoms with van der Waals surface area (Å²) in [4.78, 5) is 11.3. The summed E-state index contributed by atoms with van der Waals surface area (Å²) in [7, 11) is 0. The van der Waals surface area contributed by atoms with E-state index in [4.69, 9.17) is 10.2 Å². The molecular formula is C16H25N7O. The summed E-state index contributed by atoms with van der Waals surface area (Å²) in [5, 5.41) is 10.2. The van der Waals surface area contributed by atoms with E-state index < -0.39 is 0 Å². The molecule has 0 radical (unpaired) electrons. The van der Waals surface area contributed by atoms with Gasteiger partial charge in [-0.2, -0.15) is 5.10 Å². The van der Waals surface area contributed by atoms with Crippen LogP contribution in [0.4, 0.5) is 0 Å². The minimum Gasteiger partial charge on any atom is -0.461 e. The van der Waals surface area contributed by atoms with Gasteiger partial charge in [-0.15, -0.1) is 0 Å². The summed E-state index contributed by atoms with van der Waals surface area (Å²) in [5.41, 5.74) is 5.94. The second kappa shape index (κ2) is 7.96. The summed E-state index contributed by atoms with van der Waals surface area (Å²) in [6.07, 6.45) is 4.76. The van der Waals surface area contributed by atoms with Crippen LogP contribution in [0.15, 0.2) is 27.8 Å². The average Bonchev–Trinajstić information content (AvgIpc) is 3.32. The van der Waals surface area contributed by atoms with Gasteiger partial charge in [0.1, 0.15) is 5.82 Å². The van der Waals surface area contributed by atoms with Crippen LogP contribution in [-0.2, 0) is 6.42 Å². The van der Waals surface area contributed by atoms with E-state index in [2.05, 4.69) is 37.3 Å². The number of aromatic amines is 1. The van der Waals surface area contributed by atoms with Gasteiger partial charge in [-0.25, -0.2) is 4.98 Å². The Morgan fingerprint density at radius 1 is 1.58 bits per heavy atom. The fraction of sp³-hybridized carbons (Fsp3) is 0.562. The maximum absolute atomic E-state index is 5.94. The maximum atomic E-state index is 5.94. The van der Waals surface area contributed by atoms with E-state index in [-0.39, 0.29) is 0 Å². The summed E-state index contributed by atoms with van der Waals surface area (Å²) >= 11 is 0. The van der Waals surface area contributed by atoms with Crippen molar-refractivity contribution in [3.8, 4) is 11.6 Å². The van der Waals surface area contributed by atoms with Gasteiger partial charge in [-0.05, 0) is 38.1 Å². The zero-order chi connectivity index (χ0) is 16.8. The monoisotopic (exact) mass is 331 g/mol. The third-order valence-electron chi connectivity index (χ3n) is 4.32. The second-order valence-electron chi connectivity index (χ2n) is 5.91. The topological polar surface area (TPSA) is 108 Å². The number of likely N-dealkylation sites (N-methyl/N-ethyl adjacent to an activating group) is 1. The lowest BCUT2D eigenvalue weighted by molar-refractivity contribution is 0.273. The Bertz CT molecular complexity index is 649. The number of nitrogens with zero attached hydrogens (tertiary/aromatic N) is 4. The van der Waals surface area contributed by atoms with Crippen LogP contribution in [0.5, 0.6) is 0 Å². The first-order valence-electron chi connectivity index (χ1n) is 8.49. The van der Waals surface area contributed by atoms with Crippen molar-refractivity contribution in [1.82, 2.24) is 25.4 Å². The molecule has 1 fully saturated rings. The molecule has 0 aromatic carbocycles. The summed E-state index contributed by atoms with van der Waals surface area (Å²) in [5.74, 6) is 2.50. The molecule has 1 unspecified atom stereocenters. The molecule has 3 heterocycles. The van der Waals surface area contributed by atoms with E-state index >= 15 is 0 Å². The Kier molecular flexibility index (Phi) is 5.47. The number of likely N-dealkylation sites (tertiary alicyclic amines) is 1. The largest absolute Gasteiger partial charge is 0.461 e. The lowest BCUT2D eigenvalue weighted by Gasteiger charge is -2.20. The van der Waals surface area contributed by atoms with Gasteiger partial charge >= 0.3 is 0 Å². The van der Waals surface area contributed by atoms with E-state index in [1.54, 1.807) is 6.26 Å². The molecule has 130 valence electrons. The van der Waals surface area contributed by atoms with Crippen LogP contribution < -0.4 is 11.1 Å². The van der Waals surface area contributed by atoms with Gasteiger partial charge in [0, 0.05) is 19.0 Å². The van der Waals surface area contributed by atoms with Crippen molar-refractivity contribution in [3.05, 3.63) is 24.2 Å². The molecule has 0 saturated carbocycles. The molecule has 8 heteroatoms. The molecule has 8 nitrogen and oxygen atoms in total. The lowest BCUT2D eigenvalue weighted by atomic mass is 10.2. The predicted molar refractivity (Wildman–Crippen MR) is 92.5 cm³/mol.